The molecule has 248 valence electrons. The van der Waals surface area contributed by atoms with Gasteiger partial charge in [-0.15, -0.1) is 0 Å². The monoisotopic (exact) mass is 628 g/mol. The number of aryl methyl sites for hydroxylation is 1. The smallest absolute Gasteiger partial charge is 0.243 e. The molecular weight excluding hydrogens is 580 g/mol. The van der Waals surface area contributed by atoms with Gasteiger partial charge in [-0.3, -0.25) is 19.2 Å². The first-order valence-electron chi connectivity index (χ1n) is 15.1. The summed E-state index contributed by atoms with van der Waals surface area (Å²) >= 11 is 0. The first-order chi connectivity index (χ1) is 21.4. The van der Waals surface area contributed by atoms with E-state index in [0.29, 0.717) is 56.6 Å². The summed E-state index contributed by atoms with van der Waals surface area (Å²) in [6, 6.07) is 7.69. The summed E-state index contributed by atoms with van der Waals surface area (Å²) in [4.78, 5) is 49.8. The van der Waals surface area contributed by atoms with E-state index in [1.54, 1.807) is 31.2 Å². The number of phenols is 2. The van der Waals surface area contributed by atoms with Gasteiger partial charge >= 0.3 is 0 Å². The third-order valence-electron chi connectivity index (χ3n) is 7.13. The predicted octanol–water partition coefficient (Wildman–Crippen LogP) is -1.03. The van der Waals surface area contributed by atoms with Gasteiger partial charge in [0.2, 0.25) is 23.6 Å². The summed E-state index contributed by atoms with van der Waals surface area (Å²) in [5.41, 5.74) is 25.8. The number of nitrogens with one attached hydrogen (secondary N) is 4. The van der Waals surface area contributed by atoms with Gasteiger partial charge in [-0.2, -0.15) is 0 Å². The molecular formula is C31H48N8O6. The SMILES string of the molecule is Cc1cc(-c2ccc(O)c(C[C@H](N)C(=O)N[C@@H](CCCN)C(=O)NCC(=O)NCCC[C@H](N)CC(=O)NCCN)c2)ccc1O. The number of rotatable bonds is 19. The Balaban J connectivity index is 1.87. The van der Waals surface area contributed by atoms with Crippen LogP contribution in [-0.4, -0.2) is 84.7 Å². The second-order valence-corrected chi connectivity index (χ2v) is 11.0. The van der Waals surface area contributed by atoms with Gasteiger partial charge in [0.05, 0.1) is 12.6 Å². The molecule has 2 aromatic carbocycles. The minimum Gasteiger partial charge on any atom is -0.508 e. The molecule has 0 aliphatic rings. The van der Waals surface area contributed by atoms with Crippen molar-refractivity contribution in [1.29, 1.82) is 0 Å². The lowest BCUT2D eigenvalue weighted by molar-refractivity contribution is -0.131. The van der Waals surface area contributed by atoms with Crippen LogP contribution in [-0.2, 0) is 25.6 Å². The molecule has 2 rings (SSSR count). The molecule has 0 aliphatic heterocycles. The number of amides is 4. The molecule has 0 bridgehead atoms. The van der Waals surface area contributed by atoms with Crippen LogP contribution in [0.1, 0.15) is 43.2 Å². The van der Waals surface area contributed by atoms with Crippen LogP contribution >= 0.6 is 0 Å². The molecule has 4 amide bonds. The van der Waals surface area contributed by atoms with E-state index in [4.69, 9.17) is 22.9 Å². The van der Waals surface area contributed by atoms with Crippen LogP contribution in [0.4, 0.5) is 0 Å². The lowest BCUT2D eigenvalue weighted by atomic mass is 9.97. The first-order valence-corrected chi connectivity index (χ1v) is 15.1. The fourth-order valence-corrected chi connectivity index (χ4v) is 4.53. The molecule has 0 aliphatic carbocycles. The molecule has 0 spiro atoms. The second-order valence-electron chi connectivity index (χ2n) is 11.0. The minimum absolute atomic E-state index is 0.00175. The maximum atomic E-state index is 13.0. The van der Waals surface area contributed by atoms with Crippen molar-refractivity contribution in [2.45, 2.75) is 63.6 Å². The van der Waals surface area contributed by atoms with E-state index in [-0.39, 0.29) is 49.3 Å². The van der Waals surface area contributed by atoms with Gasteiger partial charge in [0, 0.05) is 38.5 Å². The molecule has 14 N–H and O–H groups in total. The molecule has 0 saturated carbocycles. The minimum atomic E-state index is -1.08. The second kappa shape index (κ2) is 19.2. The third kappa shape index (κ3) is 13.1. The van der Waals surface area contributed by atoms with Crippen molar-refractivity contribution in [2.75, 3.05) is 32.7 Å². The molecule has 0 fully saturated rings. The highest BCUT2D eigenvalue weighted by Gasteiger charge is 2.25. The number of phenolic OH excluding ortho intramolecular Hbond substituents is 2. The number of carbonyl (C=O) groups is 4. The van der Waals surface area contributed by atoms with E-state index in [9.17, 15) is 29.4 Å². The summed E-state index contributed by atoms with van der Waals surface area (Å²) in [6.07, 6.45) is 1.91. The van der Waals surface area contributed by atoms with Gasteiger partial charge in [-0.05, 0) is 85.7 Å². The maximum Gasteiger partial charge on any atom is 0.243 e. The fraction of sp³-hybridized carbons (Fsp3) is 0.484. The molecule has 45 heavy (non-hydrogen) atoms. The average Bonchev–Trinajstić information content (AvgIpc) is 3.01. The van der Waals surface area contributed by atoms with Crippen LogP contribution in [0.25, 0.3) is 11.1 Å². The number of hydrogen-bond acceptors (Lipinski definition) is 10. The summed E-state index contributed by atoms with van der Waals surface area (Å²) in [7, 11) is 0. The highest BCUT2D eigenvalue weighted by atomic mass is 16.3. The number of benzene rings is 2. The van der Waals surface area contributed by atoms with Gasteiger partial charge in [-0.1, -0.05) is 12.1 Å². The Morgan fingerprint density at radius 2 is 1.44 bits per heavy atom. The molecule has 2 aromatic rings. The lowest BCUT2D eigenvalue weighted by Gasteiger charge is -2.21. The molecule has 0 saturated heterocycles. The van der Waals surface area contributed by atoms with E-state index in [0.717, 1.165) is 11.1 Å². The molecule has 3 atom stereocenters. The van der Waals surface area contributed by atoms with Gasteiger partial charge < -0.3 is 54.4 Å². The summed E-state index contributed by atoms with van der Waals surface area (Å²) in [5.74, 6) is -1.62. The average molecular weight is 629 g/mol. The van der Waals surface area contributed by atoms with Gasteiger partial charge in [0.15, 0.2) is 0 Å². The number of nitrogens with two attached hydrogens (primary N) is 4. The normalized spacial score (nSPS) is 12.9. The third-order valence-corrected chi connectivity index (χ3v) is 7.13. The van der Waals surface area contributed by atoms with E-state index in [1.165, 1.54) is 6.07 Å². The number of hydrogen-bond donors (Lipinski definition) is 10. The zero-order chi connectivity index (χ0) is 33.4. The summed E-state index contributed by atoms with van der Waals surface area (Å²) in [5, 5.41) is 30.8. The quantitative estimate of drug-likeness (QED) is 0.0846. The zero-order valence-electron chi connectivity index (χ0n) is 25.8. The van der Waals surface area contributed by atoms with Crippen molar-refractivity contribution in [3.05, 3.63) is 47.5 Å². The van der Waals surface area contributed by atoms with Crippen molar-refractivity contribution in [3.8, 4) is 22.6 Å². The van der Waals surface area contributed by atoms with Gasteiger partial charge in [-0.25, -0.2) is 0 Å². The molecule has 0 aromatic heterocycles. The Kier molecular flexibility index (Phi) is 15.8. The van der Waals surface area contributed by atoms with Crippen molar-refractivity contribution < 1.29 is 29.4 Å². The Labute approximate surface area is 263 Å². The van der Waals surface area contributed by atoms with E-state index >= 15 is 0 Å². The van der Waals surface area contributed by atoms with Crippen molar-refractivity contribution in [2.24, 2.45) is 22.9 Å². The van der Waals surface area contributed by atoms with Crippen LogP contribution < -0.4 is 44.2 Å². The molecule has 14 heteroatoms. The van der Waals surface area contributed by atoms with Crippen molar-refractivity contribution in [3.63, 3.8) is 0 Å². The molecule has 0 unspecified atom stereocenters. The van der Waals surface area contributed by atoms with E-state index in [1.807, 2.05) is 6.07 Å². The maximum absolute atomic E-state index is 13.0. The topological polar surface area (TPSA) is 261 Å². The van der Waals surface area contributed by atoms with Crippen molar-refractivity contribution in [1.82, 2.24) is 21.3 Å². The largest absolute Gasteiger partial charge is 0.508 e. The van der Waals surface area contributed by atoms with Crippen LogP contribution in [0.3, 0.4) is 0 Å². The van der Waals surface area contributed by atoms with Crippen LogP contribution in [0.2, 0.25) is 0 Å². The molecule has 0 radical (unpaired) electrons. The highest BCUT2D eigenvalue weighted by molar-refractivity contribution is 5.92. The zero-order valence-corrected chi connectivity index (χ0v) is 25.8. The van der Waals surface area contributed by atoms with Gasteiger partial charge in [0.25, 0.3) is 0 Å². The van der Waals surface area contributed by atoms with Crippen LogP contribution in [0, 0.1) is 6.92 Å². The predicted molar refractivity (Wildman–Crippen MR) is 172 cm³/mol. The van der Waals surface area contributed by atoms with Gasteiger partial charge in [0.1, 0.15) is 17.5 Å². The molecule has 14 nitrogen and oxygen atoms in total. The Morgan fingerprint density at radius 1 is 0.778 bits per heavy atom. The van der Waals surface area contributed by atoms with E-state index in [2.05, 4.69) is 21.3 Å². The van der Waals surface area contributed by atoms with Crippen LogP contribution in [0.15, 0.2) is 36.4 Å². The first kappa shape index (κ1) is 36.9. The standard InChI is InChI=1S/C31H48N8O6/c1-19-14-20(6-8-26(19)40)21-7-9-27(41)22(15-21)16-24(35)30(44)39-25(5-2-10-32)31(45)38-18-29(43)36-12-3-4-23(34)17-28(42)37-13-11-33/h6-9,14-15,23-25,40-41H,2-5,10-13,16-18,32-35H2,1H3,(H,36,43)(H,37,42)(H,38,45)(H,39,44)/t23-,24-,25-/m0/s1. The van der Waals surface area contributed by atoms with E-state index < -0.39 is 29.8 Å². The van der Waals surface area contributed by atoms with Crippen molar-refractivity contribution >= 4 is 23.6 Å². The summed E-state index contributed by atoms with van der Waals surface area (Å²) < 4.78 is 0. The molecule has 0 heterocycles. The lowest BCUT2D eigenvalue weighted by Crippen LogP contribution is -2.53. The highest BCUT2D eigenvalue weighted by Crippen LogP contribution is 2.29. The Hall–Kier alpha value is -4.24. The number of aromatic hydroxyl groups is 2. The Bertz CT molecular complexity index is 1290. The number of carbonyl (C=O) groups excluding carboxylic acids is 4. The summed E-state index contributed by atoms with van der Waals surface area (Å²) in [6.45, 7) is 2.82. The Morgan fingerprint density at radius 3 is 2.11 bits per heavy atom. The fourth-order valence-electron chi connectivity index (χ4n) is 4.53. The van der Waals surface area contributed by atoms with Crippen LogP contribution in [0.5, 0.6) is 11.5 Å².